The van der Waals surface area contributed by atoms with E-state index in [-0.39, 0.29) is 17.3 Å². The average molecular weight is 481 g/mol. The molecule has 23 heavy (non-hydrogen) atoms. The zero-order valence-electron chi connectivity index (χ0n) is 11.8. The number of rotatable bonds is 2. The van der Waals surface area contributed by atoms with E-state index in [1.165, 1.54) is 6.08 Å². The van der Waals surface area contributed by atoms with Gasteiger partial charge in [0.05, 0.1) is 3.58 Å². The number of ketones is 2. The lowest BCUT2D eigenvalue weighted by Gasteiger charge is -2.19. The van der Waals surface area contributed by atoms with Crippen LogP contribution in [-0.4, -0.2) is 16.7 Å². The van der Waals surface area contributed by atoms with Crippen LogP contribution < -0.4 is 0 Å². The predicted octanol–water partition coefficient (Wildman–Crippen LogP) is 5.16. The minimum atomic E-state index is -0.224. The zero-order valence-corrected chi connectivity index (χ0v) is 15.5. The number of hydrogen-bond donors (Lipinski definition) is 1. The van der Waals surface area contributed by atoms with E-state index >= 15 is 0 Å². The number of halogens is 2. The van der Waals surface area contributed by atoms with Gasteiger partial charge in [-0.25, -0.2) is 0 Å². The Morgan fingerprint density at radius 3 is 2.52 bits per heavy atom. The topological polar surface area (TPSA) is 54.4 Å². The molecule has 0 fully saturated rings. The summed E-state index contributed by atoms with van der Waals surface area (Å²) < 4.78 is 1.12. The first-order valence-corrected chi connectivity index (χ1v) is 8.55. The van der Waals surface area contributed by atoms with E-state index in [9.17, 15) is 14.7 Å². The Balaban J connectivity index is 2.44. The molecule has 0 heterocycles. The van der Waals surface area contributed by atoms with Crippen LogP contribution in [0.2, 0.25) is 0 Å². The van der Waals surface area contributed by atoms with E-state index in [4.69, 9.17) is 0 Å². The van der Waals surface area contributed by atoms with E-state index in [1.54, 1.807) is 36.4 Å². The van der Waals surface area contributed by atoms with Crippen molar-refractivity contribution in [2.45, 2.75) is 0 Å². The summed E-state index contributed by atoms with van der Waals surface area (Å²) in [5.74, 6) is -0.400. The van der Waals surface area contributed by atoms with Gasteiger partial charge >= 0.3 is 0 Å². The largest absolute Gasteiger partial charge is 0.507 e. The molecule has 0 saturated heterocycles. The number of benzene rings is 2. The van der Waals surface area contributed by atoms with Gasteiger partial charge < -0.3 is 5.11 Å². The van der Waals surface area contributed by atoms with Crippen molar-refractivity contribution in [2.24, 2.45) is 0 Å². The maximum absolute atomic E-state index is 12.7. The van der Waals surface area contributed by atoms with Gasteiger partial charge in [-0.15, -0.1) is 0 Å². The minimum Gasteiger partial charge on any atom is -0.507 e. The number of carbonyl (C=O) groups excluding carboxylic acids is 2. The molecule has 0 aromatic heterocycles. The molecule has 1 aliphatic carbocycles. The highest BCUT2D eigenvalue weighted by Crippen LogP contribution is 2.41. The van der Waals surface area contributed by atoms with Crippen LogP contribution in [0.3, 0.4) is 0 Å². The van der Waals surface area contributed by atoms with Crippen LogP contribution in [0.4, 0.5) is 0 Å². The monoisotopic (exact) mass is 480 g/mol. The van der Waals surface area contributed by atoms with Crippen molar-refractivity contribution >= 4 is 56.2 Å². The Morgan fingerprint density at radius 2 is 1.83 bits per heavy atom. The molecule has 5 heteroatoms. The molecule has 0 bridgehead atoms. The zero-order chi connectivity index (χ0) is 16.7. The van der Waals surface area contributed by atoms with Crippen molar-refractivity contribution in [1.82, 2.24) is 0 Å². The highest BCUT2D eigenvalue weighted by Gasteiger charge is 2.29. The number of Topliss-reactive ketones (excluding diaryl/α,β-unsaturated/α-hetero) is 1. The fourth-order valence-electron chi connectivity index (χ4n) is 2.61. The molecule has 0 atom stereocenters. The van der Waals surface area contributed by atoms with Gasteiger partial charge in [-0.3, -0.25) is 9.59 Å². The molecule has 0 radical (unpaired) electrons. The Labute approximate surface area is 155 Å². The Bertz CT molecular complexity index is 913. The lowest BCUT2D eigenvalue weighted by atomic mass is 9.84. The van der Waals surface area contributed by atoms with Gasteiger partial charge in [0.1, 0.15) is 5.75 Å². The Hall–Kier alpha value is -1.73. The highest BCUT2D eigenvalue weighted by atomic mass is 127. The van der Waals surface area contributed by atoms with Gasteiger partial charge in [-0.2, -0.15) is 0 Å². The van der Waals surface area contributed by atoms with E-state index < -0.39 is 0 Å². The lowest BCUT2D eigenvalue weighted by molar-refractivity contribution is 0.0993. The van der Waals surface area contributed by atoms with Gasteiger partial charge in [-0.05, 0) is 52.4 Å². The van der Waals surface area contributed by atoms with Crippen LogP contribution >= 0.6 is 38.5 Å². The molecule has 0 saturated carbocycles. The molecule has 1 aliphatic rings. The summed E-state index contributed by atoms with van der Waals surface area (Å²) in [5, 5.41) is 10.3. The van der Waals surface area contributed by atoms with Crippen LogP contribution in [0.1, 0.15) is 26.3 Å². The summed E-state index contributed by atoms with van der Waals surface area (Å²) in [6.07, 6.45) is 2.95. The van der Waals surface area contributed by atoms with E-state index in [0.717, 1.165) is 4.47 Å². The molecule has 0 amide bonds. The summed E-state index contributed by atoms with van der Waals surface area (Å²) >= 11 is 5.24. The lowest BCUT2D eigenvalue weighted by Crippen LogP contribution is -2.16. The molecule has 0 spiro atoms. The van der Waals surface area contributed by atoms with Crippen molar-refractivity contribution in [1.29, 1.82) is 0 Å². The molecule has 2 aromatic carbocycles. The molecule has 1 N–H and O–H groups in total. The number of hydrogen-bond acceptors (Lipinski definition) is 3. The quantitative estimate of drug-likeness (QED) is 0.604. The first kappa shape index (κ1) is 16.1. The van der Waals surface area contributed by atoms with Gasteiger partial charge in [0.25, 0.3) is 0 Å². The molecule has 3 rings (SSSR count). The molecule has 3 nitrogen and oxygen atoms in total. The van der Waals surface area contributed by atoms with Crippen LogP contribution in [0.25, 0.3) is 17.2 Å². The summed E-state index contributed by atoms with van der Waals surface area (Å²) in [6, 6.07) is 8.34. The first-order valence-electron chi connectivity index (χ1n) is 6.68. The van der Waals surface area contributed by atoms with Crippen molar-refractivity contribution in [3.63, 3.8) is 0 Å². The van der Waals surface area contributed by atoms with E-state index in [1.807, 2.05) is 22.6 Å². The third-order valence-corrected chi connectivity index (χ3v) is 4.95. The summed E-state index contributed by atoms with van der Waals surface area (Å²) in [6.45, 7) is 3.78. The van der Waals surface area contributed by atoms with Crippen molar-refractivity contribution in [3.05, 3.63) is 67.7 Å². The first-order chi connectivity index (χ1) is 10.9. The number of phenolic OH excluding ortho intramolecular Hbond substituents is 1. The molecule has 0 unspecified atom stereocenters. The van der Waals surface area contributed by atoms with Crippen LogP contribution in [0, 0.1) is 0 Å². The smallest absolute Gasteiger partial charge is 0.200 e. The van der Waals surface area contributed by atoms with Crippen LogP contribution in [0.5, 0.6) is 5.75 Å². The van der Waals surface area contributed by atoms with Crippen molar-refractivity contribution < 1.29 is 14.7 Å². The normalized spacial score (nSPS) is 13.6. The minimum absolute atomic E-state index is 0.0366. The maximum atomic E-state index is 12.7. The van der Waals surface area contributed by atoms with Crippen LogP contribution in [-0.2, 0) is 0 Å². The molecular formula is C18H10BrIO3. The number of carbonyl (C=O) groups is 2. The molecule has 0 aliphatic heterocycles. The second-order valence-corrected chi connectivity index (χ2v) is 7.08. The van der Waals surface area contributed by atoms with Gasteiger partial charge in [-0.1, -0.05) is 34.7 Å². The number of allylic oxidation sites excluding steroid dienone is 2. The third kappa shape index (κ3) is 2.68. The van der Waals surface area contributed by atoms with Crippen LogP contribution in [0.15, 0.2) is 51.0 Å². The maximum Gasteiger partial charge on any atom is 0.200 e. The van der Waals surface area contributed by atoms with E-state index in [2.05, 4.69) is 22.5 Å². The second kappa shape index (κ2) is 6.05. The second-order valence-electron chi connectivity index (χ2n) is 5.00. The molecular weight excluding hydrogens is 471 g/mol. The number of phenols is 1. The van der Waals surface area contributed by atoms with Crippen molar-refractivity contribution in [3.8, 4) is 16.9 Å². The van der Waals surface area contributed by atoms with E-state index in [0.29, 0.717) is 31.4 Å². The Morgan fingerprint density at radius 1 is 1.09 bits per heavy atom. The number of fused-ring (bicyclic) bond motifs is 1. The summed E-state index contributed by atoms with van der Waals surface area (Å²) in [5.41, 5.74) is 2.35. The standard InChI is InChI=1S/C18H10BrIO3/c1-2-9-3-5-11-15(22)8-13(20)18(23)17(11)16(9)12-7-10(19)4-6-14(12)21/h2-8,21H,1H2. The number of aromatic hydroxyl groups is 1. The predicted molar refractivity (Wildman–Crippen MR) is 102 cm³/mol. The van der Waals surface area contributed by atoms with Gasteiger partial charge in [0, 0.05) is 32.8 Å². The molecule has 2 aromatic rings. The molecule has 114 valence electrons. The highest BCUT2D eigenvalue weighted by molar-refractivity contribution is 14.1. The Kier molecular flexibility index (Phi) is 4.25. The van der Waals surface area contributed by atoms with Gasteiger partial charge in [0.2, 0.25) is 5.78 Å². The third-order valence-electron chi connectivity index (χ3n) is 3.65. The SMILES string of the molecule is C=Cc1ccc2c(c1-c1cc(Br)ccc1O)C(=O)C(I)=CC2=O. The summed E-state index contributed by atoms with van der Waals surface area (Å²) in [7, 11) is 0. The fraction of sp³-hybridized carbons (Fsp3) is 0. The van der Waals surface area contributed by atoms with Gasteiger partial charge in [0.15, 0.2) is 5.78 Å². The van der Waals surface area contributed by atoms with Crippen molar-refractivity contribution in [2.75, 3.05) is 0 Å². The summed E-state index contributed by atoms with van der Waals surface area (Å²) in [4.78, 5) is 24.9. The average Bonchev–Trinajstić information content (AvgIpc) is 2.53. The fourth-order valence-corrected chi connectivity index (χ4v) is 3.52.